The first-order valence-electron chi connectivity index (χ1n) is 7.85. The van der Waals surface area contributed by atoms with E-state index in [2.05, 4.69) is 20.8 Å². The fraction of sp³-hybridized carbons (Fsp3) is 0.176. The van der Waals surface area contributed by atoms with Gasteiger partial charge in [-0.3, -0.25) is 10.1 Å². The molecular formula is C17H17N5O3S. The summed E-state index contributed by atoms with van der Waals surface area (Å²) in [6, 6.07) is 12.6. The molecule has 3 rings (SSSR count). The van der Waals surface area contributed by atoms with Gasteiger partial charge in [-0.2, -0.15) is 0 Å². The third kappa shape index (κ3) is 5.21. The second kappa shape index (κ2) is 8.86. The number of carbonyl (C=O) groups is 2. The fourth-order valence-electron chi connectivity index (χ4n) is 2.15. The minimum atomic E-state index is -0.531. The molecular weight excluding hydrogens is 354 g/mol. The molecule has 0 bridgehead atoms. The predicted molar refractivity (Wildman–Crippen MR) is 95.4 cm³/mol. The number of urea groups is 1. The number of furan rings is 1. The molecule has 0 unspecified atom stereocenters. The minimum Gasteiger partial charge on any atom is -0.467 e. The monoisotopic (exact) mass is 371 g/mol. The first kappa shape index (κ1) is 17.7. The first-order chi connectivity index (χ1) is 12.7. The van der Waals surface area contributed by atoms with E-state index in [1.54, 1.807) is 23.2 Å². The number of hydrogen-bond donors (Lipinski definition) is 2. The van der Waals surface area contributed by atoms with Gasteiger partial charge in [0, 0.05) is 6.54 Å². The van der Waals surface area contributed by atoms with Crippen LogP contribution in [0.3, 0.4) is 0 Å². The summed E-state index contributed by atoms with van der Waals surface area (Å²) in [7, 11) is 0. The Bertz CT molecular complexity index is 848. The van der Waals surface area contributed by atoms with Gasteiger partial charge in [-0.25, -0.2) is 4.79 Å². The lowest BCUT2D eigenvalue weighted by Crippen LogP contribution is -2.40. The van der Waals surface area contributed by atoms with Crippen LogP contribution >= 0.6 is 11.8 Å². The number of hydrogen-bond acceptors (Lipinski definition) is 6. The van der Waals surface area contributed by atoms with Gasteiger partial charge in [-0.15, -0.1) is 10.2 Å². The Morgan fingerprint density at radius 1 is 1.15 bits per heavy atom. The molecule has 0 aliphatic rings. The standard InChI is InChI=1S/C17H17N5O3S/c23-15(20-16(24)18-9-13-5-2-1-3-6-13)11-26-17-21-19-12-22(17)10-14-7-4-8-25-14/h1-8,12H,9-11H2,(H2,18,20,23,24). The van der Waals surface area contributed by atoms with Crippen molar-refractivity contribution in [1.29, 1.82) is 0 Å². The third-order valence-electron chi connectivity index (χ3n) is 3.37. The van der Waals surface area contributed by atoms with Crippen molar-refractivity contribution < 1.29 is 14.0 Å². The molecule has 8 nitrogen and oxygen atoms in total. The summed E-state index contributed by atoms with van der Waals surface area (Å²) >= 11 is 1.20. The van der Waals surface area contributed by atoms with Gasteiger partial charge in [-0.1, -0.05) is 42.1 Å². The van der Waals surface area contributed by atoms with Crippen LogP contribution in [0.5, 0.6) is 0 Å². The van der Waals surface area contributed by atoms with Crippen molar-refractivity contribution in [1.82, 2.24) is 25.4 Å². The maximum Gasteiger partial charge on any atom is 0.321 e. The normalized spacial score (nSPS) is 10.5. The van der Waals surface area contributed by atoms with Crippen LogP contribution in [0.25, 0.3) is 0 Å². The van der Waals surface area contributed by atoms with E-state index in [0.29, 0.717) is 18.2 Å². The molecule has 0 aliphatic carbocycles. The highest BCUT2D eigenvalue weighted by Crippen LogP contribution is 2.16. The molecule has 1 aromatic carbocycles. The molecule has 2 aromatic heterocycles. The Balaban J connectivity index is 1.43. The van der Waals surface area contributed by atoms with E-state index < -0.39 is 11.9 Å². The van der Waals surface area contributed by atoms with Crippen molar-refractivity contribution >= 4 is 23.7 Å². The average molecular weight is 371 g/mol. The van der Waals surface area contributed by atoms with Gasteiger partial charge >= 0.3 is 6.03 Å². The van der Waals surface area contributed by atoms with Crippen LogP contribution < -0.4 is 10.6 Å². The third-order valence-corrected chi connectivity index (χ3v) is 4.35. The topological polar surface area (TPSA) is 102 Å². The molecule has 0 saturated carbocycles. The van der Waals surface area contributed by atoms with Crippen molar-refractivity contribution in [3.63, 3.8) is 0 Å². The largest absolute Gasteiger partial charge is 0.467 e. The van der Waals surface area contributed by atoms with Crippen molar-refractivity contribution in [3.8, 4) is 0 Å². The molecule has 0 fully saturated rings. The Labute approximate surface area is 154 Å². The van der Waals surface area contributed by atoms with Gasteiger partial charge < -0.3 is 14.3 Å². The summed E-state index contributed by atoms with van der Waals surface area (Å²) in [5.41, 5.74) is 0.954. The van der Waals surface area contributed by atoms with E-state index in [-0.39, 0.29) is 5.75 Å². The molecule has 2 heterocycles. The van der Waals surface area contributed by atoms with E-state index in [4.69, 9.17) is 4.42 Å². The lowest BCUT2D eigenvalue weighted by molar-refractivity contribution is -0.117. The molecule has 9 heteroatoms. The van der Waals surface area contributed by atoms with Gasteiger partial charge in [0.25, 0.3) is 0 Å². The van der Waals surface area contributed by atoms with Gasteiger partial charge in [0.05, 0.1) is 18.6 Å². The zero-order valence-electron chi connectivity index (χ0n) is 13.8. The molecule has 0 spiro atoms. The van der Waals surface area contributed by atoms with Crippen molar-refractivity contribution in [3.05, 3.63) is 66.4 Å². The highest BCUT2D eigenvalue weighted by atomic mass is 32.2. The highest BCUT2D eigenvalue weighted by molar-refractivity contribution is 7.99. The summed E-state index contributed by atoms with van der Waals surface area (Å²) < 4.78 is 7.06. The van der Waals surface area contributed by atoms with Crippen LogP contribution in [0.2, 0.25) is 0 Å². The predicted octanol–water partition coefficient (Wildman–Crippen LogP) is 2.04. The molecule has 3 amide bonds. The smallest absolute Gasteiger partial charge is 0.321 e. The molecule has 26 heavy (non-hydrogen) atoms. The van der Waals surface area contributed by atoms with E-state index in [1.807, 2.05) is 36.4 Å². The molecule has 0 radical (unpaired) electrons. The molecule has 2 N–H and O–H groups in total. The summed E-state index contributed by atoms with van der Waals surface area (Å²) in [5, 5.41) is 13.3. The van der Waals surface area contributed by atoms with Gasteiger partial charge in [0.15, 0.2) is 5.16 Å². The summed E-state index contributed by atoms with van der Waals surface area (Å²) in [4.78, 5) is 23.7. The Morgan fingerprint density at radius 2 is 2.00 bits per heavy atom. The van der Waals surface area contributed by atoms with E-state index in [9.17, 15) is 9.59 Å². The number of rotatable bonds is 7. The van der Waals surface area contributed by atoms with Crippen LogP contribution in [0.4, 0.5) is 4.79 Å². The summed E-state index contributed by atoms with van der Waals surface area (Å²) in [6.07, 6.45) is 3.16. The maximum absolute atomic E-state index is 11.9. The summed E-state index contributed by atoms with van der Waals surface area (Å²) in [5.74, 6) is 0.403. The average Bonchev–Trinajstić information content (AvgIpc) is 3.31. The number of nitrogens with one attached hydrogen (secondary N) is 2. The maximum atomic E-state index is 11.9. The van der Waals surface area contributed by atoms with Gasteiger partial charge in [0.2, 0.25) is 5.91 Å². The highest BCUT2D eigenvalue weighted by Gasteiger charge is 2.12. The van der Waals surface area contributed by atoms with Gasteiger partial charge in [0.1, 0.15) is 12.1 Å². The number of carbonyl (C=O) groups excluding carboxylic acids is 2. The van der Waals surface area contributed by atoms with E-state index >= 15 is 0 Å². The summed E-state index contributed by atoms with van der Waals surface area (Å²) in [6.45, 7) is 0.825. The first-order valence-corrected chi connectivity index (χ1v) is 8.84. The Hall–Kier alpha value is -3.07. The van der Waals surface area contributed by atoms with Crippen LogP contribution in [0.1, 0.15) is 11.3 Å². The Kier molecular flexibility index (Phi) is 6.05. The second-order valence-electron chi connectivity index (χ2n) is 5.33. The number of nitrogens with zero attached hydrogens (tertiary/aromatic N) is 3. The molecule has 134 valence electrons. The van der Waals surface area contributed by atoms with Crippen molar-refractivity contribution in [2.45, 2.75) is 18.2 Å². The van der Waals surface area contributed by atoms with Gasteiger partial charge in [-0.05, 0) is 17.7 Å². The lowest BCUT2D eigenvalue weighted by atomic mass is 10.2. The molecule has 0 saturated heterocycles. The van der Waals surface area contributed by atoms with Crippen LogP contribution in [0, 0.1) is 0 Å². The van der Waals surface area contributed by atoms with E-state index in [0.717, 1.165) is 11.3 Å². The lowest BCUT2D eigenvalue weighted by Gasteiger charge is -2.07. The molecule has 0 atom stereocenters. The number of imide groups is 1. The number of benzene rings is 1. The molecule has 0 aliphatic heterocycles. The number of thioether (sulfide) groups is 1. The van der Waals surface area contributed by atoms with Crippen LogP contribution in [0.15, 0.2) is 64.6 Å². The number of aromatic nitrogens is 3. The zero-order chi connectivity index (χ0) is 18.2. The Morgan fingerprint density at radius 3 is 2.77 bits per heavy atom. The van der Waals surface area contributed by atoms with Crippen LogP contribution in [-0.4, -0.2) is 32.5 Å². The fourth-order valence-corrected chi connectivity index (χ4v) is 2.87. The zero-order valence-corrected chi connectivity index (χ0v) is 14.6. The quantitative estimate of drug-likeness (QED) is 0.616. The second-order valence-corrected chi connectivity index (χ2v) is 6.27. The van der Waals surface area contributed by atoms with E-state index in [1.165, 1.54) is 11.8 Å². The number of amides is 3. The minimum absolute atomic E-state index is 0.0512. The van der Waals surface area contributed by atoms with Crippen molar-refractivity contribution in [2.24, 2.45) is 0 Å². The van der Waals surface area contributed by atoms with Crippen molar-refractivity contribution in [2.75, 3.05) is 5.75 Å². The molecule has 3 aromatic rings. The SMILES string of the molecule is O=C(CSc1nncn1Cc1ccco1)NC(=O)NCc1ccccc1. The van der Waals surface area contributed by atoms with Crippen LogP contribution in [-0.2, 0) is 17.9 Å².